The number of benzene rings is 1. The van der Waals surface area contributed by atoms with E-state index < -0.39 is 0 Å². The summed E-state index contributed by atoms with van der Waals surface area (Å²) < 4.78 is 1.86. The second kappa shape index (κ2) is 10.1. The summed E-state index contributed by atoms with van der Waals surface area (Å²) in [5.41, 5.74) is 2.57. The Morgan fingerprint density at radius 1 is 1.04 bits per heavy atom. The number of carbonyl (C=O) groups is 1. The maximum Gasteiger partial charge on any atom is 0.220 e. The van der Waals surface area contributed by atoms with E-state index in [1.54, 1.807) is 6.20 Å². The molecule has 1 aromatic heterocycles. The first kappa shape index (κ1) is 18.6. The Labute approximate surface area is 156 Å². The molecular weight excluding hydrogens is 324 g/mol. The van der Waals surface area contributed by atoms with Gasteiger partial charge in [-0.25, -0.2) is 0 Å². The predicted octanol–water partition coefficient (Wildman–Crippen LogP) is 3.36. The number of nitrogens with one attached hydrogen (secondary N) is 1. The minimum Gasteiger partial charge on any atom is -0.352 e. The van der Waals surface area contributed by atoms with Gasteiger partial charge in [-0.1, -0.05) is 37.1 Å². The second-order valence-electron chi connectivity index (χ2n) is 7.11. The lowest BCUT2D eigenvalue weighted by atomic mass is 10.1. The highest BCUT2D eigenvalue weighted by Crippen LogP contribution is 2.16. The van der Waals surface area contributed by atoms with Crippen molar-refractivity contribution in [3.8, 4) is 0 Å². The van der Waals surface area contributed by atoms with Crippen molar-refractivity contribution in [1.29, 1.82) is 0 Å². The maximum atomic E-state index is 12.1. The molecule has 2 aromatic rings. The summed E-state index contributed by atoms with van der Waals surface area (Å²) in [5, 5.41) is 7.24. The van der Waals surface area contributed by atoms with Crippen LogP contribution in [0.3, 0.4) is 0 Å². The molecule has 0 atom stereocenters. The van der Waals surface area contributed by atoms with Gasteiger partial charge < -0.3 is 5.32 Å². The molecule has 1 N–H and O–H groups in total. The fourth-order valence-corrected chi connectivity index (χ4v) is 3.54. The molecule has 140 valence electrons. The smallest absolute Gasteiger partial charge is 0.220 e. The minimum atomic E-state index is 0.113. The average molecular weight is 354 g/mol. The van der Waals surface area contributed by atoms with Crippen molar-refractivity contribution in [3.63, 3.8) is 0 Å². The van der Waals surface area contributed by atoms with E-state index in [1.165, 1.54) is 49.9 Å². The number of aryl methyl sites for hydroxylation is 1. The zero-order valence-electron chi connectivity index (χ0n) is 15.6. The highest BCUT2D eigenvalue weighted by molar-refractivity contribution is 5.75. The van der Waals surface area contributed by atoms with Crippen LogP contribution in [0, 0.1) is 0 Å². The second-order valence-corrected chi connectivity index (χ2v) is 7.11. The molecule has 5 heteroatoms. The Morgan fingerprint density at radius 2 is 1.81 bits per heavy atom. The van der Waals surface area contributed by atoms with E-state index in [-0.39, 0.29) is 5.91 Å². The highest BCUT2D eigenvalue weighted by atomic mass is 16.1. The van der Waals surface area contributed by atoms with E-state index in [0.717, 1.165) is 19.5 Å². The van der Waals surface area contributed by atoms with Crippen molar-refractivity contribution >= 4 is 5.91 Å². The normalized spacial score (nSPS) is 15.5. The lowest BCUT2D eigenvalue weighted by Gasteiger charge is -2.21. The van der Waals surface area contributed by atoms with Crippen LogP contribution in [0.25, 0.3) is 0 Å². The summed E-state index contributed by atoms with van der Waals surface area (Å²) in [6.07, 6.45) is 10.3. The SMILES string of the molecule is O=C(CCCn1cccn1)NCc1ccccc1CN1CCCCCC1. The van der Waals surface area contributed by atoms with Crippen LogP contribution in [-0.2, 0) is 24.4 Å². The van der Waals surface area contributed by atoms with E-state index in [4.69, 9.17) is 0 Å². The van der Waals surface area contributed by atoms with Gasteiger partial charge >= 0.3 is 0 Å². The maximum absolute atomic E-state index is 12.1. The van der Waals surface area contributed by atoms with Crippen molar-refractivity contribution in [2.75, 3.05) is 13.1 Å². The molecule has 0 spiro atoms. The van der Waals surface area contributed by atoms with Crippen LogP contribution < -0.4 is 5.32 Å². The third-order valence-corrected chi connectivity index (χ3v) is 5.04. The van der Waals surface area contributed by atoms with E-state index >= 15 is 0 Å². The van der Waals surface area contributed by atoms with E-state index in [2.05, 4.69) is 39.6 Å². The molecule has 1 aromatic carbocycles. The topological polar surface area (TPSA) is 50.2 Å². The van der Waals surface area contributed by atoms with Crippen molar-refractivity contribution in [3.05, 3.63) is 53.9 Å². The standard InChI is InChI=1S/C21H30N4O/c26-21(11-7-15-25-16-8-12-23-25)22-17-19-9-3-4-10-20(19)18-24-13-5-1-2-6-14-24/h3-4,8-10,12,16H,1-2,5-7,11,13-15,17-18H2,(H,22,26). The third kappa shape index (κ3) is 5.99. The molecule has 1 fully saturated rings. The van der Waals surface area contributed by atoms with Crippen LogP contribution in [0.4, 0.5) is 0 Å². The number of hydrogen-bond donors (Lipinski definition) is 1. The first-order valence-electron chi connectivity index (χ1n) is 9.84. The average Bonchev–Trinajstić information content (AvgIpc) is 3.04. The Hall–Kier alpha value is -2.14. The number of hydrogen-bond acceptors (Lipinski definition) is 3. The molecule has 1 amide bonds. The van der Waals surface area contributed by atoms with Crippen LogP contribution in [0.2, 0.25) is 0 Å². The number of aromatic nitrogens is 2. The van der Waals surface area contributed by atoms with Gasteiger partial charge in [0.25, 0.3) is 0 Å². The Morgan fingerprint density at radius 3 is 2.54 bits per heavy atom. The molecule has 3 rings (SSSR count). The van der Waals surface area contributed by atoms with Crippen LogP contribution in [0.15, 0.2) is 42.7 Å². The Kier molecular flexibility index (Phi) is 7.25. The number of rotatable bonds is 8. The first-order valence-corrected chi connectivity index (χ1v) is 9.84. The van der Waals surface area contributed by atoms with Crippen LogP contribution >= 0.6 is 0 Å². The summed E-state index contributed by atoms with van der Waals surface area (Å²) >= 11 is 0. The largest absolute Gasteiger partial charge is 0.352 e. The van der Waals surface area contributed by atoms with Gasteiger partial charge in [0.2, 0.25) is 5.91 Å². The van der Waals surface area contributed by atoms with Gasteiger partial charge in [0.15, 0.2) is 0 Å². The zero-order chi connectivity index (χ0) is 18.0. The number of nitrogens with zero attached hydrogens (tertiary/aromatic N) is 3. The summed E-state index contributed by atoms with van der Waals surface area (Å²) in [6, 6.07) is 10.4. The predicted molar refractivity (Wildman–Crippen MR) is 103 cm³/mol. The summed E-state index contributed by atoms with van der Waals surface area (Å²) in [6.45, 7) is 4.77. The van der Waals surface area contributed by atoms with E-state index in [9.17, 15) is 4.79 Å². The van der Waals surface area contributed by atoms with Gasteiger partial charge in [0.05, 0.1) is 0 Å². The van der Waals surface area contributed by atoms with Crippen LogP contribution in [-0.4, -0.2) is 33.7 Å². The first-order chi connectivity index (χ1) is 12.8. The van der Waals surface area contributed by atoms with Crippen molar-refractivity contribution in [1.82, 2.24) is 20.0 Å². The molecule has 26 heavy (non-hydrogen) atoms. The fraction of sp³-hybridized carbons (Fsp3) is 0.524. The minimum absolute atomic E-state index is 0.113. The van der Waals surface area contributed by atoms with Gasteiger partial charge in [-0.05, 0) is 49.5 Å². The van der Waals surface area contributed by atoms with Crippen molar-refractivity contribution < 1.29 is 4.79 Å². The quantitative estimate of drug-likeness (QED) is 0.791. The summed E-state index contributed by atoms with van der Waals surface area (Å²) in [4.78, 5) is 14.7. The molecule has 0 unspecified atom stereocenters. The molecule has 2 heterocycles. The molecule has 0 bridgehead atoms. The van der Waals surface area contributed by atoms with Crippen molar-refractivity contribution in [2.24, 2.45) is 0 Å². The van der Waals surface area contributed by atoms with Gasteiger partial charge in [-0.3, -0.25) is 14.4 Å². The molecule has 1 aliphatic rings. The lowest BCUT2D eigenvalue weighted by molar-refractivity contribution is -0.121. The summed E-state index contributed by atoms with van der Waals surface area (Å²) in [5.74, 6) is 0.113. The van der Waals surface area contributed by atoms with Gasteiger partial charge in [0, 0.05) is 38.4 Å². The molecule has 5 nitrogen and oxygen atoms in total. The molecule has 1 saturated heterocycles. The van der Waals surface area contributed by atoms with E-state index in [0.29, 0.717) is 13.0 Å². The highest BCUT2D eigenvalue weighted by Gasteiger charge is 2.12. The monoisotopic (exact) mass is 354 g/mol. The number of likely N-dealkylation sites (tertiary alicyclic amines) is 1. The van der Waals surface area contributed by atoms with Gasteiger partial charge in [0.1, 0.15) is 0 Å². The summed E-state index contributed by atoms with van der Waals surface area (Å²) in [7, 11) is 0. The fourth-order valence-electron chi connectivity index (χ4n) is 3.54. The number of carbonyl (C=O) groups excluding carboxylic acids is 1. The van der Waals surface area contributed by atoms with Gasteiger partial charge in [-0.2, -0.15) is 5.10 Å². The number of amides is 1. The van der Waals surface area contributed by atoms with Crippen LogP contribution in [0.1, 0.15) is 49.7 Å². The van der Waals surface area contributed by atoms with Crippen LogP contribution in [0.5, 0.6) is 0 Å². The molecule has 0 saturated carbocycles. The van der Waals surface area contributed by atoms with E-state index in [1.807, 2.05) is 16.9 Å². The molecular formula is C21H30N4O. The molecule has 0 aliphatic carbocycles. The zero-order valence-corrected chi connectivity index (χ0v) is 15.6. The Balaban J connectivity index is 1.45. The van der Waals surface area contributed by atoms with Crippen molar-refractivity contribution in [2.45, 2.75) is 58.2 Å². The van der Waals surface area contributed by atoms with Gasteiger partial charge in [-0.15, -0.1) is 0 Å². The molecule has 1 aliphatic heterocycles. The Bertz CT molecular complexity index is 660. The third-order valence-electron chi connectivity index (χ3n) is 5.04. The molecule has 0 radical (unpaired) electrons. The lowest BCUT2D eigenvalue weighted by Crippen LogP contribution is -2.26.